The molecule has 1 fully saturated rings. The number of rotatable bonds is 3. The highest BCUT2D eigenvalue weighted by atomic mass is 16.3. The number of hydrogen-bond donors (Lipinski definition) is 2. The minimum Gasteiger partial charge on any atom is -0.464 e. The van der Waals surface area contributed by atoms with Gasteiger partial charge in [-0.3, -0.25) is 4.79 Å². The van der Waals surface area contributed by atoms with Crippen LogP contribution < -0.4 is 11.1 Å². The average Bonchev–Trinajstić information content (AvgIpc) is 2.88. The Morgan fingerprint density at radius 3 is 2.65 bits per heavy atom. The summed E-state index contributed by atoms with van der Waals surface area (Å²) < 4.78 is 5.49. The molecule has 1 aliphatic rings. The number of amides is 1. The van der Waals surface area contributed by atoms with Crippen molar-refractivity contribution >= 4 is 5.91 Å². The summed E-state index contributed by atoms with van der Waals surface area (Å²) in [5.41, 5.74) is 5.42. The molecule has 1 aliphatic carbocycles. The molecule has 0 aliphatic heterocycles. The van der Waals surface area contributed by atoms with Crippen LogP contribution in [0.25, 0.3) is 0 Å². The highest BCUT2D eigenvalue weighted by Gasteiger charge is 2.37. The molecule has 1 aromatic rings. The lowest BCUT2D eigenvalue weighted by atomic mass is 9.97. The third-order valence-electron chi connectivity index (χ3n) is 3.48. The molecule has 1 atom stereocenters. The van der Waals surface area contributed by atoms with E-state index in [-0.39, 0.29) is 11.9 Å². The number of nitrogens with two attached hydrogens (primary N) is 1. The number of hydrogen-bond acceptors (Lipinski definition) is 3. The molecule has 0 bridgehead atoms. The molecule has 1 aromatic heterocycles. The van der Waals surface area contributed by atoms with Crippen molar-refractivity contribution in [3.63, 3.8) is 0 Å². The van der Waals surface area contributed by atoms with Crippen molar-refractivity contribution in [2.24, 2.45) is 5.73 Å². The fourth-order valence-electron chi connectivity index (χ4n) is 2.33. The van der Waals surface area contributed by atoms with Crippen molar-refractivity contribution in [3.8, 4) is 0 Å². The first-order valence-electron chi connectivity index (χ1n) is 6.17. The summed E-state index contributed by atoms with van der Waals surface area (Å²) in [6, 6.07) is 3.65. The molecule has 1 saturated carbocycles. The fourth-order valence-corrected chi connectivity index (χ4v) is 2.33. The van der Waals surface area contributed by atoms with Crippen molar-refractivity contribution in [1.29, 1.82) is 0 Å². The Hall–Kier alpha value is -1.29. The first-order valence-corrected chi connectivity index (χ1v) is 6.17. The second-order valence-corrected chi connectivity index (χ2v) is 5.01. The zero-order valence-corrected chi connectivity index (χ0v) is 10.5. The third kappa shape index (κ3) is 2.52. The van der Waals surface area contributed by atoms with Crippen molar-refractivity contribution in [3.05, 3.63) is 23.7 Å². The van der Waals surface area contributed by atoms with Crippen LogP contribution in [-0.2, 0) is 4.79 Å². The Balaban J connectivity index is 1.99. The van der Waals surface area contributed by atoms with Crippen LogP contribution in [0.2, 0.25) is 0 Å². The van der Waals surface area contributed by atoms with E-state index in [1.807, 2.05) is 26.0 Å². The van der Waals surface area contributed by atoms with E-state index in [1.165, 1.54) is 0 Å². The fraction of sp³-hybridized carbons (Fsp3) is 0.615. The van der Waals surface area contributed by atoms with Crippen LogP contribution in [0, 0.1) is 6.92 Å². The number of carbonyl (C=O) groups excluding carboxylic acids is 1. The first-order chi connectivity index (χ1) is 8.01. The average molecular weight is 236 g/mol. The number of carbonyl (C=O) groups is 1. The molecule has 2 rings (SSSR count). The summed E-state index contributed by atoms with van der Waals surface area (Å²) in [5.74, 6) is 1.57. The summed E-state index contributed by atoms with van der Waals surface area (Å²) in [6.07, 6.45) is 3.64. The summed E-state index contributed by atoms with van der Waals surface area (Å²) in [6.45, 7) is 3.80. The summed E-state index contributed by atoms with van der Waals surface area (Å²) in [7, 11) is 0. The van der Waals surface area contributed by atoms with Crippen molar-refractivity contribution in [1.82, 2.24) is 5.32 Å². The lowest BCUT2D eigenvalue weighted by Gasteiger charge is -2.24. The molecular formula is C13H20N2O2. The Kier molecular flexibility index (Phi) is 3.24. The standard InChI is InChI=1S/C13H20N2O2/c1-9-5-6-11(17-9)10(2)15-12(16)13(14)7-3-4-8-13/h5-6,10H,3-4,7-8,14H2,1-2H3,(H,15,16). The molecule has 0 radical (unpaired) electrons. The zero-order chi connectivity index (χ0) is 12.5. The monoisotopic (exact) mass is 236 g/mol. The molecular weight excluding hydrogens is 216 g/mol. The van der Waals surface area contributed by atoms with E-state index in [0.29, 0.717) is 0 Å². The number of aryl methyl sites for hydroxylation is 1. The SMILES string of the molecule is Cc1ccc(C(C)NC(=O)C2(N)CCCC2)o1. The highest BCUT2D eigenvalue weighted by molar-refractivity contribution is 5.86. The predicted octanol–water partition coefficient (Wildman–Crippen LogP) is 2.04. The molecule has 17 heavy (non-hydrogen) atoms. The van der Waals surface area contributed by atoms with Crippen LogP contribution in [-0.4, -0.2) is 11.4 Å². The maximum atomic E-state index is 12.1. The lowest BCUT2D eigenvalue weighted by Crippen LogP contribution is -2.52. The van der Waals surface area contributed by atoms with Crippen LogP contribution in [0.1, 0.15) is 50.2 Å². The van der Waals surface area contributed by atoms with Gasteiger partial charge in [-0.2, -0.15) is 0 Å². The van der Waals surface area contributed by atoms with Gasteiger partial charge in [0.05, 0.1) is 11.6 Å². The quantitative estimate of drug-likeness (QED) is 0.843. The highest BCUT2D eigenvalue weighted by Crippen LogP contribution is 2.28. The van der Waals surface area contributed by atoms with Gasteiger partial charge in [-0.05, 0) is 38.8 Å². The van der Waals surface area contributed by atoms with Gasteiger partial charge in [0.2, 0.25) is 5.91 Å². The summed E-state index contributed by atoms with van der Waals surface area (Å²) in [4.78, 5) is 12.1. The van der Waals surface area contributed by atoms with Gasteiger partial charge >= 0.3 is 0 Å². The van der Waals surface area contributed by atoms with Gasteiger partial charge in [-0.1, -0.05) is 12.8 Å². The molecule has 1 amide bonds. The second-order valence-electron chi connectivity index (χ2n) is 5.01. The van der Waals surface area contributed by atoms with Crippen LogP contribution >= 0.6 is 0 Å². The molecule has 0 spiro atoms. The minimum absolute atomic E-state index is 0.0587. The van der Waals surface area contributed by atoms with Crippen LogP contribution in [0.3, 0.4) is 0 Å². The van der Waals surface area contributed by atoms with Gasteiger partial charge in [0, 0.05) is 0 Å². The van der Waals surface area contributed by atoms with Gasteiger partial charge in [0.25, 0.3) is 0 Å². The predicted molar refractivity (Wildman–Crippen MR) is 65.4 cm³/mol. The smallest absolute Gasteiger partial charge is 0.240 e. The van der Waals surface area contributed by atoms with Gasteiger partial charge < -0.3 is 15.5 Å². The van der Waals surface area contributed by atoms with Crippen molar-refractivity contribution < 1.29 is 9.21 Å². The largest absolute Gasteiger partial charge is 0.464 e. The molecule has 0 aromatic carbocycles. The van der Waals surface area contributed by atoms with E-state index in [1.54, 1.807) is 0 Å². The van der Waals surface area contributed by atoms with Crippen molar-refractivity contribution in [2.75, 3.05) is 0 Å². The summed E-state index contributed by atoms with van der Waals surface area (Å²) >= 11 is 0. The minimum atomic E-state index is -0.671. The van der Waals surface area contributed by atoms with Crippen molar-refractivity contribution in [2.45, 2.75) is 51.1 Å². The molecule has 0 saturated heterocycles. The van der Waals surface area contributed by atoms with Crippen LogP contribution in [0.5, 0.6) is 0 Å². The summed E-state index contributed by atoms with van der Waals surface area (Å²) in [5, 5.41) is 2.93. The van der Waals surface area contributed by atoms with E-state index >= 15 is 0 Å². The Bertz CT molecular complexity index is 405. The molecule has 94 valence electrons. The second kappa shape index (κ2) is 4.53. The third-order valence-corrected chi connectivity index (χ3v) is 3.48. The van der Waals surface area contributed by atoms with E-state index in [4.69, 9.17) is 10.2 Å². The molecule has 4 nitrogen and oxygen atoms in total. The maximum Gasteiger partial charge on any atom is 0.240 e. The Morgan fingerprint density at radius 1 is 1.47 bits per heavy atom. The maximum absolute atomic E-state index is 12.1. The van der Waals surface area contributed by atoms with Gasteiger partial charge in [-0.25, -0.2) is 0 Å². The molecule has 4 heteroatoms. The number of furan rings is 1. The van der Waals surface area contributed by atoms with Crippen LogP contribution in [0.4, 0.5) is 0 Å². The topological polar surface area (TPSA) is 68.3 Å². The van der Waals surface area contributed by atoms with Gasteiger partial charge in [-0.15, -0.1) is 0 Å². The van der Waals surface area contributed by atoms with Gasteiger partial charge in [0.1, 0.15) is 11.5 Å². The molecule has 1 unspecified atom stereocenters. The normalized spacial score (nSPS) is 20.2. The van der Waals surface area contributed by atoms with Gasteiger partial charge in [0.15, 0.2) is 0 Å². The number of nitrogens with one attached hydrogen (secondary N) is 1. The molecule has 3 N–H and O–H groups in total. The van der Waals surface area contributed by atoms with E-state index in [2.05, 4.69) is 5.32 Å². The Labute approximate surface area is 102 Å². The van der Waals surface area contributed by atoms with Crippen LogP contribution in [0.15, 0.2) is 16.5 Å². The van der Waals surface area contributed by atoms with E-state index in [0.717, 1.165) is 37.2 Å². The zero-order valence-electron chi connectivity index (χ0n) is 10.5. The molecule has 1 heterocycles. The Morgan fingerprint density at radius 2 is 2.12 bits per heavy atom. The first kappa shape index (κ1) is 12.2. The lowest BCUT2D eigenvalue weighted by molar-refractivity contribution is -0.127. The van der Waals surface area contributed by atoms with E-state index < -0.39 is 5.54 Å². The van der Waals surface area contributed by atoms with E-state index in [9.17, 15) is 4.79 Å².